The van der Waals surface area contributed by atoms with Gasteiger partial charge in [-0.2, -0.15) is 0 Å². The Labute approximate surface area is 79.4 Å². The van der Waals surface area contributed by atoms with Crippen molar-refractivity contribution in [3.8, 4) is 0 Å². The predicted octanol–water partition coefficient (Wildman–Crippen LogP) is 1.90. The van der Waals surface area contributed by atoms with Gasteiger partial charge in [0.2, 0.25) is 0 Å². The van der Waals surface area contributed by atoms with Gasteiger partial charge in [-0.15, -0.1) is 0 Å². The third-order valence-electron chi connectivity index (χ3n) is 2.41. The molecule has 1 aliphatic rings. The molecule has 3 heteroatoms. The molecule has 1 atom stereocenters. The van der Waals surface area contributed by atoms with Gasteiger partial charge in [0.15, 0.2) is 0 Å². The van der Waals surface area contributed by atoms with E-state index in [1.165, 1.54) is 7.11 Å². The smallest absolute Gasteiger partial charge is 0.308 e. The first-order chi connectivity index (χ1) is 6.03. The first-order valence-corrected chi connectivity index (χ1v) is 4.78. The predicted molar refractivity (Wildman–Crippen MR) is 49.4 cm³/mol. The molecule has 1 saturated heterocycles. The van der Waals surface area contributed by atoms with Gasteiger partial charge >= 0.3 is 5.97 Å². The maximum Gasteiger partial charge on any atom is 0.308 e. The highest BCUT2D eigenvalue weighted by Gasteiger charge is 2.29. The molecule has 0 spiro atoms. The van der Waals surface area contributed by atoms with Crippen molar-refractivity contribution in [2.24, 2.45) is 0 Å². The van der Waals surface area contributed by atoms with Crippen LogP contribution in [0.25, 0.3) is 0 Å². The summed E-state index contributed by atoms with van der Waals surface area (Å²) in [5.41, 5.74) is -0.0725. The van der Waals surface area contributed by atoms with E-state index in [1.807, 2.05) is 0 Å². The van der Waals surface area contributed by atoms with Gasteiger partial charge in [-0.1, -0.05) is 0 Å². The number of carbonyl (C=O) groups excluding carboxylic acids is 1. The van der Waals surface area contributed by atoms with Crippen molar-refractivity contribution in [2.75, 3.05) is 7.11 Å². The molecule has 0 N–H and O–H groups in total. The molecular weight excluding hydrogens is 168 g/mol. The summed E-state index contributed by atoms with van der Waals surface area (Å²) in [4.78, 5) is 11.0. The lowest BCUT2D eigenvalue weighted by molar-refractivity contribution is -0.152. The Bertz CT molecular complexity index is 187. The average Bonchev–Trinajstić information content (AvgIpc) is 2.02. The standard InChI is InChI=1S/C10H18O3/c1-10(2)6-4-5-8(13-10)7-9(11)12-3/h8H,4-7H2,1-3H3/t8-/m1/s1. The summed E-state index contributed by atoms with van der Waals surface area (Å²) >= 11 is 0. The van der Waals surface area contributed by atoms with E-state index < -0.39 is 0 Å². The van der Waals surface area contributed by atoms with Crippen LogP contribution in [-0.4, -0.2) is 24.8 Å². The van der Waals surface area contributed by atoms with Crippen molar-refractivity contribution in [3.05, 3.63) is 0 Å². The second-order valence-corrected chi connectivity index (χ2v) is 4.17. The fourth-order valence-corrected chi connectivity index (χ4v) is 1.74. The molecule has 0 saturated carbocycles. The third-order valence-corrected chi connectivity index (χ3v) is 2.41. The molecule has 0 aromatic heterocycles. The van der Waals surface area contributed by atoms with E-state index >= 15 is 0 Å². The summed E-state index contributed by atoms with van der Waals surface area (Å²) in [5, 5.41) is 0. The lowest BCUT2D eigenvalue weighted by Crippen LogP contribution is -2.36. The SMILES string of the molecule is COC(=O)C[C@H]1CCCC(C)(C)O1. The maximum absolute atomic E-state index is 11.0. The number of hydrogen-bond acceptors (Lipinski definition) is 3. The van der Waals surface area contributed by atoms with Gasteiger partial charge in [-0.05, 0) is 33.1 Å². The van der Waals surface area contributed by atoms with Crippen LogP contribution >= 0.6 is 0 Å². The molecular formula is C10H18O3. The number of ether oxygens (including phenoxy) is 2. The Kier molecular flexibility index (Phi) is 3.31. The average molecular weight is 186 g/mol. The first-order valence-electron chi connectivity index (χ1n) is 4.78. The van der Waals surface area contributed by atoms with E-state index in [-0.39, 0.29) is 17.7 Å². The second-order valence-electron chi connectivity index (χ2n) is 4.17. The van der Waals surface area contributed by atoms with Crippen LogP contribution in [0.15, 0.2) is 0 Å². The molecule has 1 aliphatic heterocycles. The van der Waals surface area contributed by atoms with Crippen LogP contribution in [0.3, 0.4) is 0 Å². The van der Waals surface area contributed by atoms with Crippen LogP contribution in [0.2, 0.25) is 0 Å². The second kappa shape index (κ2) is 4.09. The van der Waals surface area contributed by atoms with Crippen LogP contribution in [0, 0.1) is 0 Å². The van der Waals surface area contributed by atoms with Crippen molar-refractivity contribution < 1.29 is 14.3 Å². The highest BCUT2D eigenvalue weighted by Crippen LogP contribution is 2.29. The minimum Gasteiger partial charge on any atom is -0.469 e. The third kappa shape index (κ3) is 3.35. The molecule has 0 unspecified atom stereocenters. The Morgan fingerprint density at radius 2 is 2.31 bits per heavy atom. The zero-order valence-corrected chi connectivity index (χ0v) is 8.63. The number of esters is 1. The van der Waals surface area contributed by atoms with E-state index in [1.54, 1.807) is 0 Å². The van der Waals surface area contributed by atoms with Gasteiger partial charge in [0.1, 0.15) is 0 Å². The molecule has 1 heterocycles. The molecule has 76 valence electrons. The summed E-state index contributed by atoms with van der Waals surface area (Å²) in [6.45, 7) is 4.13. The Hall–Kier alpha value is -0.570. The molecule has 1 rings (SSSR count). The topological polar surface area (TPSA) is 35.5 Å². The van der Waals surface area contributed by atoms with E-state index in [4.69, 9.17) is 4.74 Å². The van der Waals surface area contributed by atoms with Crippen LogP contribution in [-0.2, 0) is 14.3 Å². The zero-order chi connectivity index (χ0) is 9.90. The highest BCUT2D eigenvalue weighted by atomic mass is 16.5. The Morgan fingerprint density at radius 1 is 1.62 bits per heavy atom. The minimum atomic E-state index is -0.178. The summed E-state index contributed by atoms with van der Waals surface area (Å²) in [7, 11) is 1.41. The number of hydrogen-bond donors (Lipinski definition) is 0. The van der Waals surface area contributed by atoms with E-state index in [2.05, 4.69) is 18.6 Å². The molecule has 0 aliphatic carbocycles. The normalized spacial score (nSPS) is 26.8. The van der Waals surface area contributed by atoms with Crippen molar-refractivity contribution in [3.63, 3.8) is 0 Å². The van der Waals surface area contributed by atoms with Crippen molar-refractivity contribution >= 4 is 5.97 Å². The number of carbonyl (C=O) groups is 1. The highest BCUT2D eigenvalue weighted by molar-refractivity contribution is 5.69. The molecule has 1 fully saturated rings. The fraction of sp³-hybridized carbons (Fsp3) is 0.900. The molecule has 3 nitrogen and oxygen atoms in total. The monoisotopic (exact) mass is 186 g/mol. The fourth-order valence-electron chi connectivity index (χ4n) is 1.74. The molecule has 0 radical (unpaired) electrons. The van der Waals surface area contributed by atoms with Crippen molar-refractivity contribution in [1.29, 1.82) is 0 Å². The van der Waals surface area contributed by atoms with Crippen LogP contribution in [0.5, 0.6) is 0 Å². The van der Waals surface area contributed by atoms with Crippen LogP contribution in [0.1, 0.15) is 39.5 Å². The largest absolute Gasteiger partial charge is 0.469 e. The van der Waals surface area contributed by atoms with Gasteiger partial charge in [-0.25, -0.2) is 0 Å². The Balaban J connectivity index is 2.39. The van der Waals surface area contributed by atoms with Gasteiger partial charge in [-0.3, -0.25) is 4.79 Å². The summed E-state index contributed by atoms with van der Waals surface area (Å²) < 4.78 is 10.3. The quantitative estimate of drug-likeness (QED) is 0.618. The molecule has 0 aromatic carbocycles. The van der Waals surface area contributed by atoms with Crippen LogP contribution < -0.4 is 0 Å². The van der Waals surface area contributed by atoms with E-state index in [0.29, 0.717) is 6.42 Å². The number of methoxy groups -OCH3 is 1. The van der Waals surface area contributed by atoms with Gasteiger partial charge in [0.05, 0.1) is 25.2 Å². The molecule has 0 amide bonds. The van der Waals surface area contributed by atoms with Gasteiger partial charge < -0.3 is 9.47 Å². The number of rotatable bonds is 2. The van der Waals surface area contributed by atoms with Gasteiger partial charge in [0, 0.05) is 0 Å². The summed E-state index contributed by atoms with van der Waals surface area (Å²) in [5.74, 6) is -0.178. The maximum atomic E-state index is 11.0. The summed E-state index contributed by atoms with van der Waals surface area (Å²) in [6.07, 6.45) is 3.62. The summed E-state index contributed by atoms with van der Waals surface area (Å²) in [6, 6.07) is 0. The Morgan fingerprint density at radius 3 is 2.85 bits per heavy atom. The lowest BCUT2D eigenvalue weighted by Gasteiger charge is -2.35. The molecule has 13 heavy (non-hydrogen) atoms. The van der Waals surface area contributed by atoms with Crippen molar-refractivity contribution in [1.82, 2.24) is 0 Å². The van der Waals surface area contributed by atoms with Gasteiger partial charge in [0.25, 0.3) is 0 Å². The molecule has 0 bridgehead atoms. The minimum absolute atomic E-state index is 0.0520. The van der Waals surface area contributed by atoms with Crippen molar-refractivity contribution in [2.45, 2.75) is 51.2 Å². The zero-order valence-electron chi connectivity index (χ0n) is 8.63. The van der Waals surface area contributed by atoms with E-state index in [9.17, 15) is 4.79 Å². The molecule has 0 aromatic rings. The van der Waals surface area contributed by atoms with Crippen LogP contribution in [0.4, 0.5) is 0 Å². The first kappa shape index (κ1) is 10.5. The van der Waals surface area contributed by atoms with E-state index in [0.717, 1.165) is 19.3 Å². The lowest BCUT2D eigenvalue weighted by atomic mass is 9.94.